The Hall–Kier alpha value is -4.12. The molecule has 0 saturated heterocycles. The van der Waals surface area contributed by atoms with E-state index in [4.69, 9.17) is 5.11 Å². The minimum absolute atomic E-state index is 0.0230. The van der Waals surface area contributed by atoms with E-state index in [2.05, 4.69) is 47.6 Å². The Bertz CT molecular complexity index is 1580. The lowest BCUT2D eigenvalue weighted by Gasteiger charge is -2.10. The van der Waals surface area contributed by atoms with Crippen molar-refractivity contribution in [3.05, 3.63) is 66.0 Å². The summed E-state index contributed by atoms with van der Waals surface area (Å²) in [6, 6.07) is 3.55. The molecule has 12 nitrogen and oxygen atoms in total. The van der Waals surface area contributed by atoms with Crippen molar-refractivity contribution in [3.8, 4) is 23.2 Å². The first-order chi connectivity index (χ1) is 17.9. The molecule has 0 amide bonds. The topological polar surface area (TPSA) is 153 Å². The second-order valence-electron chi connectivity index (χ2n) is 8.52. The molecular weight excluding hydrogens is 494 g/mol. The fourth-order valence-corrected chi connectivity index (χ4v) is 5.00. The molecule has 0 radical (unpaired) electrons. The quantitative estimate of drug-likeness (QED) is 0.216. The van der Waals surface area contributed by atoms with E-state index in [9.17, 15) is 8.42 Å². The number of aromatic nitrogens is 7. The predicted molar refractivity (Wildman–Crippen MR) is 136 cm³/mol. The Morgan fingerprint density at radius 3 is 2.73 bits per heavy atom. The number of pyridine rings is 1. The van der Waals surface area contributed by atoms with Gasteiger partial charge in [0.2, 0.25) is 0 Å². The van der Waals surface area contributed by atoms with E-state index in [0.717, 1.165) is 20.8 Å². The van der Waals surface area contributed by atoms with Gasteiger partial charge in [0, 0.05) is 44.3 Å². The second-order valence-corrected chi connectivity index (χ2v) is 10.6. The van der Waals surface area contributed by atoms with Crippen LogP contribution in [0, 0.1) is 11.8 Å². The number of anilines is 2. The lowest BCUT2D eigenvalue weighted by Crippen LogP contribution is -2.18. The number of rotatable bonds is 9. The Kier molecular flexibility index (Phi) is 6.95. The summed E-state index contributed by atoms with van der Waals surface area (Å²) < 4.78 is 27.6. The molecule has 1 aliphatic rings. The van der Waals surface area contributed by atoms with Crippen molar-refractivity contribution in [2.24, 2.45) is 7.05 Å². The fourth-order valence-electron chi connectivity index (χ4n) is 3.53. The van der Waals surface area contributed by atoms with Crippen molar-refractivity contribution in [2.75, 3.05) is 18.5 Å². The van der Waals surface area contributed by atoms with Crippen LogP contribution in [0.2, 0.25) is 0 Å². The van der Waals surface area contributed by atoms with Gasteiger partial charge in [-0.2, -0.15) is 14.3 Å². The van der Waals surface area contributed by atoms with Crippen molar-refractivity contribution in [3.63, 3.8) is 0 Å². The van der Waals surface area contributed by atoms with Crippen LogP contribution in [-0.4, -0.2) is 65.8 Å². The average Bonchev–Trinajstić information content (AvgIpc) is 3.49. The Labute approximate surface area is 213 Å². The standard InChI is InChI=1S/C24H25N9O3S/c1-32-15-17(11-28-32)2-3-18-13-27-23(10-19(18)12-25-8-9-34)30-22-6-7-26-24(31-22)20-14-29-33(16-20)37(35,36)21-4-5-21/h6-7,10-11,13-16,21,25,34H,4-5,8-9,12H2,1H3,(H,26,27,30,31). The van der Waals surface area contributed by atoms with Crippen LogP contribution in [0.3, 0.4) is 0 Å². The summed E-state index contributed by atoms with van der Waals surface area (Å²) in [5.41, 5.74) is 2.92. The minimum Gasteiger partial charge on any atom is -0.395 e. The third-order valence-corrected chi connectivity index (χ3v) is 7.61. The number of aliphatic hydroxyl groups excluding tert-OH is 1. The van der Waals surface area contributed by atoms with Crippen molar-refractivity contribution >= 4 is 21.7 Å². The smallest absolute Gasteiger partial charge is 0.256 e. The van der Waals surface area contributed by atoms with Crippen LogP contribution in [0.1, 0.15) is 29.5 Å². The zero-order valence-corrected chi connectivity index (χ0v) is 20.9. The number of hydrogen-bond donors (Lipinski definition) is 3. The molecule has 3 N–H and O–H groups in total. The van der Waals surface area contributed by atoms with Crippen LogP contribution < -0.4 is 10.6 Å². The molecule has 0 unspecified atom stereocenters. The van der Waals surface area contributed by atoms with E-state index in [-0.39, 0.29) is 11.9 Å². The van der Waals surface area contributed by atoms with E-state index in [1.54, 1.807) is 29.3 Å². The van der Waals surface area contributed by atoms with Gasteiger partial charge in [-0.25, -0.2) is 23.4 Å². The molecule has 4 heterocycles. The van der Waals surface area contributed by atoms with Gasteiger partial charge in [-0.15, -0.1) is 0 Å². The van der Waals surface area contributed by atoms with Gasteiger partial charge in [-0.1, -0.05) is 11.8 Å². The van der Waals surface area contributed by atoms with Gasteiger partial charge < -0.3 is 15.7 Å². The number of nitrogens with one attached hydrogen (secondary N) is 2. The molecule has 0 spiro atoms. The average molecular weight is 520 g/mol. The van der Waals surface area contributed by atoms with E-state index in [1.165, 1.54) is 12.4 Å². The zero-order chi connectivity index (χ0) is 25.8. The van der Waals surface area contributed by atoms with E-state index >= 15 is 0 Å². The SMILES string of the molecule is Cn1cc(C#Cc2cnc(Nc3ccnc(-c4cnn(S(=O)(=O)C5CC5)c4)n3)cc2CNCCO)cn1. The maximum Gasteiger partial charge on any atom is 0.256 e. The normalized spacial score (nSPS) is 13.2. The third kappa shape index (κ3) is 5.83. The van der Waals surface area contributed by atoms with Gasteiger partial charge >= 0.3 is 0 Å². The van der Waals surface area contributed by atoms with Crippen LogP contribution in [0.25, 0.3) is 11.4 Å². The lowest BCUT2D eigenvalue weighted by molar-refractivity contribution is 0.292. The second kappa shape index (κ2) is 10.5. The zero-order valence-electron chi connectivity index (χ0n) is 20.0. The van der Waals surface area contributed by atoms with Crippen molar-refractivity contribution in [2.45, 2.75) is 24.6 Å². The first-order valence-electron chi connectivity index (χ1n) is 11.6. The van der Waals surface area contributed by atoms with Crippen molar-refractivity contribution in [1.82, 2.24) is 39.2 Å². The highest BCUT2D eigenvalue weighted by Crippen LogP contribution is 2.30. The van der Waals surface area contributed by atoms with Gasteiger partial charge in [-0.3, -0.25) is 4.68 Å². The summed E-state index contributed by atoms with van der Waals surface area (Å²) >= 11 is 0. The highest BCUT2D eigenvalue weighted by molar-refractivity contribution is 7.90. The van der Waals surface area contributed by atoms with Crippen molar-refractivity contribution in [1.29, 1.82) is 0 Å². The van der Waals surface area contributed by atoms with Crippen LogP contribution in [-0.2, 0) is 23.6 Å². The molecular formula is C24H25N9O3S. The summed E-state index contributed by atoms with van der Waals surface area (Å²) in [5.74, 6) is 7.60. The van der Waals surface area contributed by atoms with Crippen LogP contribution in [0.15, 0.2) is 49.3 Å². The highest BCUT2D eigenvalue weighted by atomic mass is 32.2. The van der Waals surface area contributed by atoms with E-state index in [1.807, 2.05) is 19.3 Å². The minimum atomic E-state index is -3.46. The van der Waals surface area contributed by atoms with Gasteiger partial charge in [0.25, 0.3) is 10.0 Å². The summed E-state index contributed by atoms with van der Waals surface area (Å²) in [6.07, 6.45) is 11.0. The number of aliphatic hydroxyl groups is 1. The molecule has 4 aromatic rings. The fraction of sp³-hybridized carbons (Fsp3) is 0.292. The lowest BCUT2D eigenvalue weighted by atomic mass is 10.1. The Morgan fingerprint density at radius 1 is 1.11 bits per heavy atom. The summed E-state index contributed by atoms with van der Waals surface area (Å²) in [5, 5.41) is 23.2. The summed E-state index contributed by atoms with van der Waals surface area (Å²) in [7, 11) is -1.63. The molecule has 4 aromatic heterocycles. The molecule has 0 aromatic carbocycles. The maximum absolute atomic E-state index is 12.4. The first-order valence-corrected chi connectivity index (χ1v) is 13.1. The molecule has 13 heteroatoms. The van der Waals surface area contributed by atoms with Crippen molar-refractivity contribution < 1.29 is 13.5 Å². The van der Waals surface area contributed by atoms with E-state index in [0.29, 0.717) is 49.0 Å². The van der Waals surface area contributed by atoms with Gasteiger partial charge in [0.05, 0.1) is 41.6 Å². The van der Waals surface area contributed by atoms with Gasteiger partial charge in [-0.05, 0) is 30.5 Å². The Balaban J connectivity index is 1.37. The van der Waals surface area contributed by atoms with Crippen LogP contribution >= 0.6 is 0 Å². The molecule has 190 valence electrons. The largest absolute Gasteiger partial charge is 0.395 e. The van der Waals surface area contributed by atoms with Crippen LogP contribution in [0.5, 0.6) is 0 Å². The Morgan fingerprint density at radius 2 is 1.97 bits per heavy atom. The van der Waals surface area contributed by atoms with Gasteiger partial charge in [0.1, 0.15) is 11.6 Å². The predicted octanol–water partition coefficient (Wildman–Crippen LogP) is 1.03. The molecule has 1 aliphatic carbocycles. The number of nitrogens with zero attached hydrogens (tertiary/aromatic N) is 7. The monoisotopic (exact) mass is 519 g/mol. The molecule has 5 rings (SSSR count). The first kappa shape index (κ1) is 24.6. The molecule has 0 aliphatic heterocycles. The third-order valence-electron chi connectivity index (χ3n) is 5.58. The van der Waals surface area contributed by atoms with Gasteiger partial charge in [0.15, 0.2) is 5.82 Å². The number of hydrogen-bond acceptors (Lipinski definition) is 10. The highest BCUT2D eigenvalue weighted by Gasteiger charge is 2.37. The van der Waals surface area contributed by atoms with E-state index < -0.39 is 10.0 Å². The summed E-state index contributed by atoms with van der Waals surface area (Å²) in [4.78, 5) is 13.2. The maximum atomic E-state index is 12.4. The molecule has 1 fully saturated rings. The molecule has 1 saturated carbocycles. The summed E-state index contributed by atoms with van der Waals surface area (Å²) in [6.45, 7) is 0.952. The number of aryl methyl sites for hydroxylation is 1. The van der Waals surface area contributed by atoms with Crippen LogP contribution in [0.4, 0.5) is 11.6 Å². The molecule has 0 bridgehead atoms. The molecule has 0 atom stereocenters. The molecule has 37 heavy (non-hydrogen) atoms.